The Hall–Kier alpha value is -2.40. The summed E-state index contributed by atoms with van der Waals surface area (Å²) < 4.78 is 5.08. The van der Waals surface area contributed by atoms with E-state index in [0.717, 1.165) is 27.3 Å². The summed E-state index contributed by atoms with van der Waals surface area (Å²) in [6, 6.07) is 8.04. The van der Waals surface area contributed by atoms with Gasteiger partial charge in [0.25, 0.3) is 5.91 Å². The van der Waals surface area contributed by atoms with E-state index in [9.17, 15) is 9.59 Å². The molecular weight excluding hydrogens is 358 g/mol. The van der Waals surface area contributed by atoms with E-state index in [0.29, 0.717) is 0 Å². The molecule has 0 saturated heterocycles. The number of aryl methyl sites for hydroxylation is 1. The van der Waals surface area contributed by atoms with Crippen LogP contribution in [0.15, 0.2) is 35.7 Å². The van der Waals surface area contributed by atoms with E-state index in [-0.39, 0.29) is 24.3 Å². The van der Waals surface area contributed by atoms with Crippen molar-refractivity contribution in [2.24, 2.45) is 0 Å². The predicted octanol–water partition coefficient (Wildman–Crippen LogP) is 5.50. The lowest BCUT2D eigenvalue weighted by molar-refractivity contribution is -0.142. The van der Waals surface area contributed by atoms with E-state index < -0.39 is 5.97 Å². The van der Waals surface area contributed by atoms with Gasteiger partial charge >= 0.3 is 5.97 Å². The third-order valence-corrected chi connectivity index (χ3v) is 5.24. The second kappa shape index (κ2) is 9.51. The van der Waals surface area contributed by atoms with Crippen LogP contribution in [-0.2, 0) is 14.3 Å². The van der Waals surface area contributed by atoms with Crippen LogP contribution in [-0.4, -0.2) is 18.5 Å². The topological polar surface area (TPSA) is 55.4 Å². The highest BCUT2D eigenvalue weighted by Crippen LogP contribution is 2.32. The lowest BCUT2D eigenvalue weighted by atomic mass is 9.92. The number of rotatable bonds is 7. The SMILES string of the molecule is Cc1ccsc1/C=C/C(=O)OCC(=O)Nc1c(C(C)C)cccc1C(C)C. The summed E-state index contributed by atoms with van der Waals surface area (Å²) in [5, 5.41) is 4.90. The first-order chi connectivity index (χ1) is 12.8. The summed E-state index contributed by atoms with van der Waals surface area (Å²) in [5.74, 6) is -0.310. The molecule has 144 valence electrons. The standard InChI is InChI=1S/C22H27NO3S/c1-14(2)17-7-6-8-18(15(3)4)22(17)23-20(24)13-26-21(25)10-9-19-16(5)11-12-27-19/h6-12,14-15H,13H2,1-5H3,(H,23,24)/b10-9+. The lowest BCUT2D eigenvalue weighted by Crippen LogP contribution is -2.22. The Bertz CT molecular complexity index is 808. The summed E-state index contributed by atoms with van der Waals surface area (Å²) in [4.78, 5) is 25.2. The molecule has 2 aromatic rings. The van der Waals surface area contributed by atoms with Crippen molar-refractivity contribution in [2.75, 3.05) is 11.9 Å². The number of carbonyl (C=O) groups is 2. The number of anilines is 1. The lowest BCUT2D eigenvalue weighted by Gasteiger charge is -2.20. The van der Waals surface area contributed by atoms with Gasteiger partial charge in [0.2, 0.25) is 0 Å². The molecule has 27 heavy (non-hydrogen) atoms. The van der Waals surface area contributed by atoms with Gasteiger partial charge in [-0.3, -0.25) is 4.79 Å². The number of thiophene rings is 1. The minimum absolute atomic E-state index is 0.276. The predicted molar refractivity (Wildman–Crippen MR) is 112 cm³/mol. The number of hydrogen-bond donors (Lipinski definition) is 1. The highest BCUT2D eigenvalue weighted by Gasteiger charge is 2.16. The average Bonchev–Trinajstić information content (AvgIpc) is 3.02. The Morgan fingerprint density at radius 1 is 1.11 bits per heavy atom. The molecule has 2 rings (SSSR count). The fourth-order valence-electron chi connectivity index (χ4n) is 2.75. The molecule has 0 saturated carbocycles. The van der Waals surface area contributed by atoms with E-state index in [1.54, 1.807) is 17.4 Å². The van der Waals surface area contributed by atoms with E-state index in [4.69, 9.17) is 4.74 Å². The maximum Gasteiger partial charge on any atom is 0.331 e. The number of amides is 1. The summed E-state index contributed by atoms with van der Waals surface area (Å²) in [6.45, 7) is 10.0. The van der Waals surface area contributed by atoms with Crippen LogP contribution in [0.1, 0.15) is 61.1 Å². The maximum atomic E-state index is 12.3. The molecule has 0 bridgehead atoms. The van der Waals surface area contributed by atoms with Crippen LogP contribution in [0.5, 0.6) is 0 Å². The molecule has 1 amide bonds. The third kappa shape index (κ3) is 5.79. The van der Waals surface area contributed by atoms with Gasteiger partial charge in [-0.1, -0.05) is 45.9 Å². The minimum Gasteiger partial charge on any atom is -0.452 e. The molecule has 0 radical (unpaired) electrons. The Morgan fingerprint density at radius 3 is 2.26 bits per heavy atom. The Morgan fingerprint density at radius 2 is 1.74 bits per heavy atom. The van der Waals surface area contributed by atoms with Crippen LogP contribution in [0.2, 0.25) is 0 Å². The van der Waals surface area contributed by atoms with Crippen molar-refractivity contribution >= 4 is 35.0 Å². The number of ether oxygens (including phenoxy) is 1. The number of benzene rings is 1. The molecule has 1 heterocycles. The molecule has 0 fully saturated rings. The Kier molecular flexibility index (Phi) is 7.36. The number of esters is 1. The summed E-state index contributed by atoms with van der Waals surface area (Å²) in [6.07, 6.45) is 3.07. The van der Waals surface area contributed by atoms with E-state index in [1.165, 1.54) is 6.08 Å². The number of carbonyl (C=O) groups excluding carboxylic acids is 2. The highest BCUT2D eigenvalue weighted by molar-refractivity contribution is 7.11. The fourth-order valence-corrected chi connectivity index (χ4v) is 3.57. The normalized spacial score (nSPS) is 11.4. The third-order valence-electron chi connectivity index (χ3n) is 4.26. The Balaban J connectivity index is 2.00. The number of para-hydroxylation sites is 1. The van der Waals surface area contributed by atoms with E-state index in [1.807, 2.05) is 36.6 Å². The first-order valence-electron chi connectivity index (χ1n) is 9.11. The van der Waals surface area contributed by atoms with Crippen LogP contribution in [0.3, 0.4) is 0 Å². The molecule has 0 atom stereocenters. The van der Waals surface area contributed by atoms with Crippen molar-refractivity contribution in [1.29, 1.82) is 0 Å². The molecule has 0 unspecified atom stereocenters. The molecule has 0 aliphatic rings. The monoisotopic (exact) mass is 385 g/mol. The van der Waals surface area contributed by atoms with Crippen molar-refractivity contribution in [3.05, 3.63) is 57.3 Å². The van der Waals surface area contributed by atoms with Crippen LogP contribution in [0, 0.1) is 6.92 Å². The van der Waals surface area contributed by atoms with E-state index >= 15 is 0 Å². The van der Waals surface area contributed by atoms with Gasteiger partial charge in [0, 0.05) is 16.6 Å². The maximum absolute atomic E-state index is 12.3. The van der Waals surface area contributed by atoms with Crippen molar-refractivity contribution in [2.45, 2.75) is 46.5 Å². The summed E-state index contributed by atoms with van der Waals surface area (Å²) in [5.41, 5.74) is 4.09. The summed E-state index contributed by atoms with van der Waals surface area (Å²) >= 11 is 1.55. The first kappa shape index (κ1) is 20.9. The zero-order valence-corrected chi connectivity index (χ0v) is 17.4. The minimum atomic E-state index is -0.529. The molecule has 1 aromatic heterocycles. The van der Waals surface area contributed by atoms with Gasteiger partial charge in [0.05, 0.1) is 0 Å². The summed E-state index contributed by atoms with van der Waals surface area (Å²) in [7, 11) is 0. The molecule has 5 heteroatoms. The smallest absolute Gasteiger partial charge is 0.331 e. The van der Waals surface area contributed by atoms with Crippen molar-refractivity contribution in [3.63, 3.8) is 0 Å². The largest absolute Gasteiger partial charge is 0.452 e. The highest BCUT2D eigenvalue weighted by atomic mass is 32.1. The zero-order chi connectivity index (χ0) is 20.0. The molecule has 0 aliphatic carbocycles. The molecule has 4 nitrogen and oxygen atoms in total. The molecule has 1 N–H and O–H groups in total. The molecular formula is C22H27NO3S. The van der Waals surface area contributed by atoms with Crippen LogP contribution < -0.4 is 5.32 Å². The number of nitrogens with one attached hydrogen (secondary N) is 1. The molecule has 0 spiro atoms. The first-order valence-corrected chi connectivity index (χ1v) is 9.99. The quantitative estimate of drug-likeness (QED) is 0.506. The second-order valence-corrected chi connectivity index (χ2v) is 8.03. The average molecular weight is 386 g/mol. The van der Waals surface area contributed by atoms with Crippen LogP contribution in [0.25, 0.3) is 6.08 Å². The van der Waals surface area contributed by atoms with Gasteiger partial charge in [-0.25, -0.2) is 4.79 Å². The number of hydrogen-bond acceptors (Lipinski definition) is 4. The zero-order valence-electron chi connectivity index (χ0n) is 16.5. The van der Waals surface area contributed by atoms with Gasteiger partial charge in [-0.05, 0) is 53.0 Å². The van der Waals surface area contributed by atoms with Crippen molar-refractivity contribution < 1.29 is 14.3 Å². The van der Waals surface area contributed by atoms with Gasteiger partial charge in [0.15, 0.2) is 6.61 Å². The van der Waals surface area contributed by atoms with Gasteiger partial charge in [0.1, 0.15) is 0 Å². The molecule has 0 aliphatic heterocycles. The second-order valence-electron chi connectivity index (χ2n) is 7.08. The van der Waals surface area contributed by atoms with Gasteiger partial charge in [-0.2, -0.15) is 0 Å². The van der Waals surface area contributed by atoms with Gasteiger partial charge in [-0.15, -0.1) is 11.3 Å². The van der Waals surface area contributed by atoms with Crippen LogP contribution in [0.4, 0.5) is 5.69 Å². The Labute approximate surface area is 165 Å². The molecule has 1 aromatic carbocycles. The van der Waals surface area contributed by atoms with Gasteiger partial charge < -0.3 is 10.1 Å². The fraction of sp³-hybridized carbons (Fsp3) is 0.364. The van der Waals surface area contributed by atoms with E-state index in [2.05, 4.69) is 33.0 Å². The van der Waals surface area contributed by atoms with Crippen molar-refractivity contribution in [3.8, 4) is 0 Å². The van der Waals surface area contributed by atoms with Crippen molar-refractivity contribution in [1.82, 2.24) is 0 Å². The van der Waals surface area contributed by atoms with Crippen LogP contribution >= 0.6 is 11.3 Å².